The lowest BCUT2D eigenvalue weighted by Gasteiger charge is -2.37. The van der Waals surface area contributed by atoms with Crippen LogP contribution in [0.3, 0.4) is 0 Å². The number of hydrogen-bond donors (Lipinski definition) is 1. The lowest BCUT2D eigenvalue weighted by atomic mass is 9.96. The van der Waals surface area contributed by atoms with Crippen LogP contribution in [0.4, 0.5) is 0 Å². The van der Waals surface area contributed by atoms with E-state index in [1.165, 1.54) is 25.7 Å². The van der Waals surface area contributed by atoms with Gasteiger partial charge in [0.2, 0.25) is 5.91 Å². The van der Waals surface area contributed by atoms with Gasteiger partial charge in [-0.3, -0.25) is 9.69 Å². The van der Waals surface area contributed by atoms with Crippen molar-refractivity contribution in [2.45, 2.75) is 51.5 Å². The molecule has 0 aliphatic carbocycles. The van der Waals surface area contributed by atoms with Crippen molar-refractivity contribution in [2.75, 3.05) is 32.7 Å². The van der Waals surface area contributed by atoms with Crippen LogP contribution in [-0.4, -0.2) is 54.5 Å². The maximum Gasteiger partial charge on any atom is 0.239 e. The summed E-state index contributed by atoms with van der Waals surface area (Å²) in [7, 11) is 0. The zero-order valence-corrected chi connectivity index (χ0v) is 13.5. The Morgan fingerprint density at radius 3 is 2.15 bits per heavy atom. The Bertz CT molecular complexity index is 285. The zero-order valence-electron chi connectivity index (χ0n) is 12.7. The molecule has 0 aromatic heterocycles. The molecule has 0 bridgehead atoms. The first-order chi connectivity index (χ1) is 9.22. The molecule has 118 valence electrons. The molecule has 0 aromatic rings. The summed E-state index contributed by atoms with van der Waals surface area (Å²) in [4.78, 5) is 17.0. The van der Waals surface area contributed by atoms with Crippen LogP contribution < -0.4 is 5.73 Å². The van der Waals surface area contributed by atoms with Crippen LogP contribution in [0.25, 0.3) is 0 Å². The second kappa shape index (κ2) is 8.85. The van der Waals surface area contributed by atoms with Crippen molar-refractivity contribution in [3.05, 3.63) is 0 Å². The van der Waals surface area contributed by atoms with Crippen molar-refractivity contribution < 1.29 is 4.79 Å². The molecule has 1 unspecified atom stereocenters. The smallest absolute Gasteiger partial charge is 0.239 e. The van der Waals surface area contributed by atoms with E-state index < -0.39 is 0 Å². The van der Waals surface area contributed by atoms with E-state index in [4.69, 9.17) is 5.73 Å². The number of hydrogen-bond acceptors (Lipinski definition) is 3. The summed E-state index contributed by atoms with van der Waals surface area (Å²) in [6, 6.07) is 0.0526. The molecule has 2 aliphatic heterocycles. The number of carbonyl (C=O) groups is 1. The average Bonchev–Trinajstić information content (AvgIpc) is 2.75. The van der Waals surface area contributed by atoms with E-state index >= 15 is 0 Å². The summed E-state index contributed by atoms with van der Waals surface area (Å²) in [5.74, 6) is 1.00. The highest BCUT2D eigenvalue weighted by Gasteiger charge is 2.29. The molecule has 1 amide bonds. The Hall–Kier alpha value is -0.320. The van der Waals surface area contributed by atoms with Crippen molar-refractivity contribution >= 4 is 18.3 Å². The predicted molar refractivity (Wildman–Crippen MR) is 85.1 cm³/mol. The minimum absolute atomic E-state index is 0. The third-order valence-corrected chi connectivity index (χ3v) is 4.81. The molecule has 0 spiro atoms. The van der Waals surface area contributed by atoms with Gasteiger partial charge in [0.25, 0.3) is 0 Å². The minimum Gasteiger partial charge on any atom is -0.341 e. The Morgan fingerprint density at radius 2 is 1.65 bits per heavy atom. The van der Waals surface area contributed by atoms with Crippen LogP contribution in [0, 0.1) is 5.92 Å². The van der Waals surface area contributed by atoms with Gasteiger partial charge in [0.15, 0.2) is 0 Å². The standard InChI is InChI=1S/C15H29N3O.ClH/c1-13(17-10-6-14(12-16)7-11-17)15(19)18-8-4-2-3-5-9-18;/h13-14H,2-12,16H2,1H3;1H. The van der Waals surface area contributed by atoms with E-state index in [2.05, 4.69) is 16.7 Å². The molecule has 5 heteroatoms. The highest BCUT2D eigenvalue weighted by Crippen LogP contribution is 2.19. The largest absolute Gasteiger partial charge is 0.341 e. The number of amides is 1. The number of nitrogens with two attached hydrogens (primary N) is 1. The van der Waals surface area contributed by atoms with Crippen LogP contribution >= 0.6 is 12.4 Å². The summed E-state index contributed by atoms with van der Waals surface area (Å²) in [6.07, 6.45) is 7.20. The van der Waals surface area contributed by atoms with Gasteiger partial charge in [-0.25, -0.2) is 0 Å². The second-order valence-corrected chi connectivity index (χ2v) is 6.13. The molecule has 2 fully saturated rings. The van der Waals surface area contributed by atoms with Crippen LogP contribution in [0.1, 0.15) is 45.4 Å². The molecule has 1 atom stereocenters. The molecular weight excluding hydrogens is 274 g/mol. The maximum atomic E-state index is 12.6. The Balaban J connectivity index is 0.00000200. The Kier molecular flexibility index (Phi) is 7.85. The summed E-state index contributed by atoms with van der Waals surface area (Å²) in [5.41, 5.74) is 5.73. The van der Waals surface area contributed by atoms with Crippen molar-refractivity contribution in [1.82, 2.24) is 9.80 Å². The molecule has 4 nitrogen and oxygen atoms in total. The first-order valence-electron chi connectivity index (χ1n) is 7.95. The third-order valence-electron chi connectivity index (χ3n) is 4.81. The molecule has 0 aromatic carbocycles. The quantitative estimate of drug-likeness (QED) is 0.866. The van der Waals surface area contributed by atoms with Crippen molar-refractivity contribution in [2.24, 2.45) is 11.7 Å². The van der Waals surface area contributed by atoms with Crippen LogP contribution in [0.5, 0.6) is 0 Å². The molecule has 20 heavy (non-hydrogen) atoms. The van der Waals surface area contributed by atoms with Gasteiger partial charge in [-0.1, -0.05) is 12.8 Å². The monoisotopic (exact) mass is 303 g/mol. The molecule has 0 saturated carbocycles. The van der Waals surface area contributed by atoms with Gasteiger partial charge >= 0.3 is 0 Å². The fourth-order valence-electron chi connectivity index (χ4n) is 3.29. The lowest BCUT2D eigenvalue weighted by Crippen LogP contribution is -2.50. The van der Waals surface area contributed by atoms with E-state index in [0.717, 1.165) is 45.6 Å². The van der Waals surface area contributed by atoms with Gasteiger partial charge in [-0.15, -0.1) is 12.4 Å². The summed E-state index contributed by atoms with van der Waals surface area (Å²) in [5, 5.41) is 0. The Morgan fingerprint density at radius 1 is 1.10 bits per heavy atom. The molecule has 0 radical (unpaired) electrons. The highest BCUT2D eigenvalue weighted by atomic mass is 35.5. The second-order valence-electron chi connectivity index (χ2n) is 6.13. The number of halogens is 1. The summed E-state index contributed by atoms with van der Waals surface area (Å²) >= 11 is 0. The average molecular weight is 304 g/mol. The van der Waals surface area contributed by atoms with Crippen LogP contribution in [0.2, 0.25) is 0 Å². The lowest BCUT2D eigenvalue weighted by molar-refractivity contribution is -0.136. The number of rotatable bonds is 3. The van der Waals surface area contributed by atoms with Gasteiger partial charge in [0.05, 0.1) is 6.04 Å². The number of carbonyl (C=O) groups excluding carboxylic acids is 1. The topological polar surface area (TPSA) is 49.6 Å². The van der Waals surface area contributed by atoms with E-state index in [0.29, 0.717) is 11.8 Å². The maximum absolute atomic E-state index is 12.6. The van der Waals surface area contributed by atoms with E-state index in [1.54, 1.807) is 0 Å². The highest BCUT2D eigenvalue weighted by molar-refractivity contribution is 5.85. The van der Waals surface area contributed by atoms with Crippen molar-refractivity contribution in [3.63, 3.8) is 0 Å². The van der Waals surface area contributed by atoms with Crippen LogP contribution in [-0.2, 0) is 4.79 Å². The predicted octanol–water partition coefficient (Wildman–Crippen LogP) is 1.87. The van der Waals surface area contributed by atoms with Gasteiger partial charge in [0, 0.05) is 13.1 Å². The molecule has 2 N–H and O–H groups in total. The van der Waals surface area contributed by atoms with Gasteiger partial charge in [-0.2, -0.15) is 0 Å². The van der Waals surface area contributed by atoms with Gasteiger partial charge in [0.1, 0.15) is 0 Å². The molecular formula is C15H30ClN3O. The first-order valence-corrected chi connectivity index (χ1v) is 7.95. The van der Waals surface area contributed by atoms with E-state index in [9.17, 15) is 4.79 Å². The molecule has 2 rings (SSSR count). The fraction of sp³-hybridized carbons (Fsp3) is 0.933. The van der Waals surface area contributed by atoms with E-state index in [1.807, 2.05) is 0 Å². The zero-order chi connectivity index (χ0) is 13.7. The van der Waals surface area contributed by atoms with Crippen molar-refractivity contribution in [3.8, 4) is 0 Å². The molecule has 2 heterocycles. The van der Waals surface area contributed by atoms with Gasteiger partial charge in [-0.05, 0) is 58.2 Å². The Labute approximate surface area is 129 Å². The normalized spacial score (nSPS) is 23.8. The summed E-state index contributed by atoms with van der Waals surface area (Å²) in [6.45, 7) is 6.86. The SMILES string of the molecule is CC(C(=O)N1CCCCCC1)N1CCC(CN)CC1.Cl. The fourth-order valence-corrected chi connectivity index (χ4v) is 3.29. The first kappa shape index (κ1) is 17.7. The van der Waals surface area contributed by atoms with Gasteiger partial charge < -0.3 is 10.6 Å². The number of likely N-dealkylation sites (tertiary alicyclic amines) is 2. The number of piperidine rings is 1. The van der Waals surface area contributed by atoms with E-state index in [-0.39, 0.29) is 18.4 Å². The van der Waals surface area contributed by atoms with Crippen LogP contribution in [0.15, 0.2) is 0 Å². The summed E-state index contributed by atoms with van der Waals surface area (Å²) < 4.78 is 0. The number of nitrogens with zero attached hydrogens (tertiary/aromatic N) is 2. The molecule has 2 aliphatic rings. The third kappa shape index (κ3) is 4.61. The van der Waals surface area contributed by atoms with Crippen molar-refractivity contribution in [1.29, 1.82) is 0 Å². The minimum atomic E-state index is 0. The molecule has 2 saturated heterocycles.